The lowest BCUT2D eigenvalue weighted by Gasteiger charge is -1.93. The Balaban J connectivity index is 2.96. The zero-order valence-electron chi connectivity index (χ0n) is 5.95. The number of fused-ring (bicyclic) bond motifs is 1. The fraction of sp³-hybridized carbons (Fsp3) is 0.143. The molecule has 0 amide bonds. The third-order valence-electron chi connectivity index (χ3n) is 1.58. The predicted octanol–water partition coefficient (Wildman–Crippen LogP) is 1.73. The Kier molecular flexibility index (Phi) is 1.42. The van der Waals surface area contributed by atoms with Gasteiger partial charge in [-0.15, -0.1) is 5.10 Å². The first-order valence-corrected chi connectivity index (χ1v) is 4.02. The van der Waals surface area contributed by atoms with Gasteiger partial charge in [-0.05, 0) is 28.1 Å². The molecule has 56 valence electrons. The molecule has 0 N–H and O–H groups in total. The summed E-state index contributed by atoms with van der Waals surface area (Å²) in [5, 5.41) is 7.86. The van der Waals surface area contributed by atoms with Gasteiger partial charge < -0.3 is 0 Å². The maximum absolute atomic E-state index is 3.96. The van der Waals surface area contributed by atoms with E-state index in [0.29, 0.717) is 0 Å². The first-order chi connectivity index (χ1) is 5.29. The summed E-state index contributed by atoms with van der Waals surface area (Å²) in [6.45, 7) is 0. The van der Waals surface area contributed by atoms with Gasteiger partial charge in [-0.3, -0.25) is 0 Å². The molecule has 0 radical (unpaired) electrons. The van der Waals surface area contributed by atoms with Gasteiger partial charge in [-0.2, -0.15) is 0 Å². The number of hydrogen-bond donors (Lipinski definition) is 0. The number of hydrogen-bond acceptors (Lipinski definition) is 2. The van der Waals surface area contributed by atoms with Crippen molar-refractivity contribution in [1.82, 2.24) is 15.0 Å². The van der Waals surface area contributed by atoms with Crippen molar-refractivity contribution in [2.24, 2.45) is 7.05 Å². The van der Waals surface area contributed by atoms with E-state index >= 15 is 0 Å². The van der Waals surface area contributed by atoms with Crippen LogP contribution < -0.4 is 0 Å². The molecule has 11 heavy (non-hydrogen) atoms. The lowest BCUT2D eigenvalue weighted by molar-refractivity contribution is 0.735. The van der Waals surface area contributed by atoms with Gasteiger partial charge in [0.2, 0.25) is 0 Å². The quantitative estimate of drug-likeness (QED) is 0.665. The summed E-state index contributed by atoms with van der Waals surface area (Å²) in [7, 11) is 1.88. The Morgan fingerprint density at radius 2 is 2.27 bits per heavy atom. The number of aryl methyl sites for hydroxylation is 1. The minimum Gasteiger partial charge on any atom is -0.247 e. The third-order valence-corrected chi connectivity index (χ3v) is 2.22. The van der Waals surface area contributed by atoms with Crippen molar-refractivity contribution < 1.29 is 0 Å². The van der Waals surface area contributed by atoms with E-state index in [2.05, 4.69) is 26.2 Å². The van der Waals surface area contributed by atoms with E-state index in [1.165, 1.54) is 0 Å². The largest absolute Gasteiger partial charge is 0.247 e. The first kappa shape index (κ1) is 6.79. The summed E-state index contributed by atoms with van der Waals surface area (Å²) in [5.74, 6) is 0. The molecule has 1 heterocycles. The van der Waals surface area contributed by atoms with Crippen LogP contribution in [0.15, 0.2) is 22.7 Å². The molecule has 1 aromatic heterocycles. The molecule has 0 bridgehead atoms. The molecule has 0 saturated heterocycles. The summed E-state index contributed by atoms with van der Waals surface area (Å²) >= 11 is 3.43. The van der Waals surface area contributed by atoms with Crippen molar-refractivity contribution in [2.75, 3.05) is 0 Å². The molecule has 4 heteroatoms. The van der Waals surface area contributed by atoms with E-state index in [-0.39, 0.29) is 0 Å². The van der Waals surface area contributed by atoms with Crippen molar-refractivity contribution >= 4 is 27.0 Å². The average molecular weight is 212 g/mol. The van der Waals surface area contributed by atoms with E-state index in [1.807, 2.05) is 25.2 Å². The van der Waals surface area contributed by atoms with Crippen LogP contribution in [-0.4, -0.2) is 15.0 Å². The summed E-state index contributed by atoms with van der Waals surface area (Å²) in [6.07, 6.45) is 0. The Labute approximate surface area is 72.1 Å². The van der Waals surface area contributed by atoms with Gasteiger partial charge in [0.25, 0.3) is 0 Å². The molecule has 0 unspecified atom stereocenters. The zero-order valence-corrected chi connectivity index (χ0v) is 7.54. The van der Waals surface area contributed by atoms with Crippen LogP contribution in [0.1, 0.15) is 0 Å². The summed E-state index contributed by atoms with van der Waals surface area (Å²) in [4.78, 5) is 0. The molecule has 0 spiro atoms. The van der Waals surface area contributed by atoms with E-state index in [9.17, 15) is 0 Å². The van der Waals surface area contributed by atoms with Crippen LogP contribution in [0.4, 0.5) is 0 Å². The number of benzene rings is 1. The molecule has 0 aliphatic heterocycles. The highest BCUT2D eigenvalue weighted by Gasteiger charge is 2.02. The maximum atomic E-state index is 3.96. The Bertz CT molecular complexity index is 393. The number of para-hydroxylation sites is 1. The molecule has 2 aromatic rings. The van der Waals surface area contributed by atoms with Gasteiger partial charge in [0.05, 0.1) is 0 Å². The fourth-order valence-corrected chi connectivity index (χ4v) is 1.68. The monoisotopic (exact) mass is 211 g/mol. The molecule has 2 rings (SSSR count). The standard InChI is InChI=1S/C7H6BrN3/c1-11-7-5(8)3-2-4-6(7)9-10-11/h2-4H,1H3. The topological polar surface area (TPSA) is 30.7 Å². The van der Waals surface area contributed by atoms with Gasteiger partial charge in [-0.1, -0.05) is 11.3 Å². The van der Waals surface area contributed by atoms with Gasteiger partial charge in [0, 0.05) is 11.5 Å². The van der Waals surface area contributed by atoms with E-state index in [0.717, 1.165) is 15.5 Å². The van der Waals surface area contributed by atoms with Crippen molar-refractivity contribution in [3.63, 3.8) is 0 Å². The molecule has 0 atom stereocenters. The number of nitrogens with zero attached hydrogens (tertiary/aromatic N) is 3. The Morgan fingerprint density at radius 3 is 3.00 bits per heavy atom. The van der Waals surface area contributed by atoms with Crippen LogP contribution in [0, 0.1) is 0 Å². The van der Waals surface area contributed by atoms with Crippen LogP contribution in [0.5, 0.6) is 0 Å². The lowest BCUT2D eigenvalue weighted by atomic mass is 10.3. The van der Waals surface area contributed by atoms with Crippen LogP contribution >= 0.6 is 15.9 Å². The number of rotatable bonds is 0. The number of halogens is 1. The van der Waals surface area contributed by atoms with Crippen molar-refractivity contribution in [3.8, 4) is 0 Å². The summed E-state index contributed by atoms with van der Waals surface area (Å²) in [5.41, 5.74) is 1.95. The van der Waals surface area contributed by atoms with Crippen molar-refractivity contribution in [1.29, 1.82) is 0 Å². The lowest BCUT2D eigenvalue weighted by Crippen LogP contribution is -1.89. The molecular weight excluding hydrogens is 206 g/mol. The third kappa shape index (κ3) is 0.939. The molecule has 1 aromatic carbocycles. The van der Waals surface area contributed by atoms with Gasteiger partial charge in [0.15, 0.2) is 0 Å². The van der Waals surface area contributed by atoms with Crippen LogP contribution in [0.2, 0.25) is 0 Å². The predicted molar refractivity (Wildman–Crippen MR) is 46.2 cm³/mol. The molecule has 0 aliphatic carbocycles. The second-order valence-electron chi connectivity index (χ2n) is 2.32. The molecule has 0 aliphatic rings. The smallest absolute Gasteiger partial charge is 0.114 e. The van der Waals surface area contributed by atoms with E-state index < -0.39 is 0 Å². The van der Waals surface area contributed by atoms with Gasteiger partial charge >= 0.3 is 0 Å². The molecule has 0 fully saturated rings. The maximum Gasteiger partial charge on any atom is 0.114 e. The van der Waals surface area contributed by atoms with Crippen LogP contribution in [0.25, 0.3) is 11.0 Å². The zero-order chi connectivity index (χ0) is 7.84. The highest BCUT2D eigenvalue weighted by molar-refractivity contribution is 9.10. The van der Waals surface area contributed by atoms with E-state index in [4.69, 9.17) is 0 Å². The van der Waals surface area contributed by atoms with Crippen molar-refractivity contribution in [3.05, 3.63) is 22.7 Å². The Hall–Kier alpha value is -0.900. The van der Waals surface area contributed by atoms with Gasteiger partial charge in [0.1, 0.15) is 11.0 Å². The molecule has 3 nitrogen and oxygen atoms in total. The van der Waals surface area contributed by atoms with Crippen LogP contribution in [0.3, 0.4) is 0 Å². The SMILES string of the molecule is Cn1nnc2cccc(Br)c21. The minimum atomic E-state index is 0.918. The minimum absolute atomic E-state index is 0.918. The highest BCUT2D eigenvalue weighted by atomic mass is 79.9. The number of aromatic nitrogens is 3. The van der Waals surface area contributed by atoms with Gasteiger partial charge in [-0.25, -0.2) is 4.68 Å². The first-order valence-electron chi connectivity index (χ1n) is 3.23. The second-order valence-corrected chi connectivity index (χ2v) is 3.17. The average Bonchev–Trinajstić information content (AvgIpc) is 2.34. The highest BCUT2D eigenvalue weighted by Crippen LogP contribution is 2.20. The normalized spacial score (nSPS) is 10.7. The summed E-state index contributed by atoms with van der Waals surface area (Å²) < 4.78 is 2.78. The van der Waals surface area contributed by atoms with E-state index in [1.54, 1.807) is 4.68 Å². The molecular formula is C7H6BrN3. The summed E-state index contributed by atoms with van der Waals surface area (Å²) in [6, 6.07) is 5.86. The van der Waals surface area contributed by atoms with Crippen LogP contribution in [-0.2, 0) is 7.05 Å². The molecule has 0 saturated carbocycles. The fourth-order valence-electron chi connectivity index (χ4n) is 1.06. The second kappa shape index (κ2) is 2.30. The Morgan fingerprint density at radius 1 is 1.45 bits per heavy atom. The van der Waals surface area contributed by atoms with Crippen molar-refractivity contribution in [2.45, 2.75) is 0 Å².